The Bertz CT molecular complexity index is 614. The Balaban J connectivity index is 1.68. The summed E-state index contributed by atoms with van der Waals surface area (Å²) < 4.78 is 7.72. The van der Waals surface area contributed by atoms with Crippen LogP contribution in [-0.2, 0) is 24.4 Å². The second kappa shape index (κ2) is 7.47. The van der Waals surface area contributed by atoms with Crippen molar-refractivity contribution in [1.29, 1.82) is 0 Å². The molecule has 0 unspecified atom stereocenters. The lowest BCUT2D eigenvalue weighted by atomic mass is 10.3. The minimum absolute atomic E-state index is 0.498. The lowest BCUT2D eigenvalue weighted by Crippen LogP contribution is -2.24. The van der Waals surface area contributed by atoms with Gasteiger partial charge in [0.05, 0.1) is 31.6 Å². The van der Waals surface area contributed by atoms with Crippen molar-refractivity contribution < 1.29 is 4.74 Å². The van der Waals surface area contributed by atoms with E-state index in [0.29, 0.717) is 13.2 Å². The molecule has 0 bridgehead atoms. The molecule has 0 radical (unpaired) electrons. The van der Waals surface area contributed by atoms with Crippen LogP contribution in [0.25, 0.3) is 0 Å². The van der Waals surface area contributed by atoms with Gasteiger partial charge in [0, 0.05) is 32.0 Å². The van der Waals surface area contributed by atoms with Gasteiger partial charge in [-0.3, -0.25) is 4.98 Å². The predicted molar refractivity (Wildman–Crippen MR) is 85.9 cm³/mol. The molecule has 1 aliphatic heterocycles. The molecule has 0 aromatic carbocycles. The van der Waals surface area contributed by atoms with E-state index < -0.39 is 0 Å². The Morgan fingerprint density at radius 2 is 2.17 bits per heavy atom. The summed E-state index contributed by atoms with van der Waals surface area (Å²) in [5.41, 5.74) is 2.03. The van der Waals surface area contributed by atoms with Crippen molar-refractivity contribution >= 4 is 5.82 Å². The van der Waals surface area contributed by atoms with Crippen LogP contribution in [0.4, 0.5) is 5.82 Å². The van der Waals surface area contributed by atoms with Crippen LogP contribution in [0.15, 0.2) is 18.6 Å². The van der Waals surface area contributed by atoms with Crippen LogP contribution in [0.2, 0.25) is 0 Å². The summed E-state index contributed by atoms with van der Waals surface area (Å²) in [6, 6.07) is 0. The van der Waals surface area contributed by atoms with E-state index in [9.17, 15) is 0 Å². The van der Waals surface area contributed by atoms with Gasteiger partial charge in [-0.05, 0) is 20.5 Å². The summed E-state index contributed by atoms with van der Waals surface area (Å²) in [4.78, 5) is 12.9. The molecule has 23 heavy (non-hydrogen) atoms. The van der Waals surface area contributed by atoms with Crippen LogP contribution in [0.5, 0.6) is 0 Å². The number of aryl methyl sites for hydroxylation is 1. The predicted octanol–water partition coefficient (Wildman–Crippen LogP) is 0.557. The van der Waals surface area contributed by atoms with E-state index in [0.717, 1.165) is 49.8 Å². The van der Waals surface area contributed by atoms with Gasteiger partial charge in [0.25, 0.3) is 0 Å². The average Bonchev–Trinajstić information content (AvgIpc) is 2.80. The number of ether oxygens (including phenoxy) is 1. The minimum Gasteiger partial charge on any atom is -0.374 e. The molecule has 1 aliphatic rings. The first-order valence-corrected chi connectivity index (χ1v) is 7.88. The van der Waals surface area contributed by atoms with Crippen molar-refractivity contribution in [2.24, 2.45) is 0 Å². The van der Waals surface area contributed by atoms with E-state index in [1.807, 2.05) is 18.8 Å². The highest BCUT2D eigenvalue weighted by molar-refractivity contribution is 5.36. The first-order chi connectivity index (χ1) is 11.2. The van der Waals surface area contributed by atoms with Crippen molar-refractivity contribution in [3.8, 4) is 0 Å². The minimum atomic E-state index is 0.498. The topological polar surface area (TPSA) is 72.2 Å². The molecule has 3 rings (SSSR count). The number of rotatable bonds is 6. The highest BCUT2D eigenvalue weighted by atomic mass is 16.5. The molecule has 0 saturated heterocycles. The first kappa shape index (κ1) is 15.8. The van der Waals surface area contributed by atoms with Gasteiger partial charge in [-0.15, -0.1) is 5.10 Å². The zero-order chi connectivity index (χ0) is 16.1. The molecule has 0 saturated carbocycles. The van der Waals surface area contributed by atoms with Gasteiger partial charge in [0.15, 0.2) is 0 Å². The number of fused-ring (bicyclic) bond motifs is 1. The van der Waals surface area contributed by atoms with Crippen LogP contribution >= 0.6 is 0 Å². The molecule has 0 amide bonds. The first-order valence-electron chi connectivity index (χ1n) is 7.88. The van der Waals surface area contributed by atoms with Crippen LogP contribution in [0, 0.1) is 0 Å². The number of hydrogen-bond acceptors (Lipinski definition) is 7. The lowest BCUT2D eigenvalue weighted by Gasteiger charge is -2.20. The number of hydrogen-bond donors (Lipinski definition) is 0. The van der Waals surface area contributed by atoms with Gasteiger partial charge >= 0.3 is 0 Å². The Hall–Kier alpha value is -2.06. The van der Waals surface area contributed by atoms with Gasteiger partial charge < -0.3 is 14.5 Å². The summed E-state index contributed by atoms with van der Waals surface area (Å²) in [5.74, 6) is 0.890. The summed E-state index contributed by atoms with van der Waals surface area (Å²) in [7, 11) is 4.07. The normalized spacial score (nSPS) is 14.8. The summed E-state index contributed by atoms with van der Waals surface area (Å²) >= 11 is 0. The highest BCUT2D eigenvalue weighted by Gasteiger charge is 2.21. The Labute approximate surface area is 136 Å². The van der Waals surface area contributed by atoms with E-state index in [4.69, 9.17) is 4.74 Å². The standard InChI is InChI=1S/C15H23N7O/c1-20(2)8-9-23-12-13-14-11-21(15-10-16-4-5-17-15)6-3-7-22(14)19-18-13/h4-5,10H,3,6-9,11-12H2,1-2H3. The number of nitrogens with zero attached hydrogens (tertiary/aromatic N) is 7. The van der Waals surface area contributed by atoms with Gasteiger partial charge in [-0.1, -0.05) is 5.21 Å². The number of aromatic nitrogens is 5. The molecular weight excluding hydrogens is 294 g/mol. The summed E-state index contributed by atoms with van der Waals surface area (Å²) in [6.07, 6.45) is 6.22. The second-order valence-corrected chi connectivity index (χ2v) is 5.90. The van der Waals surface area contributed by atoms with Crippen LogP contribution in [0.1, 0.15) is 17.8 Å². The molecule has 2 aromatic rings. The molecule has 8 nitrogen and oxygen atoms in total. The summed E-state index contributed by atoms with van der Waals surface area (Å²) in [5, 5.41) is 8.57. The molecule has 124 valence electrons. The third kappa shape index (κ3) is 4.02. The molecule has 8 heteroatoms. The quantitative estimate of drug-likeness (QED) is 0.721. The SMILES string of the molecule is CN(C)CCOCc1nnn2c1CN(c1cnccn1)CCC2. The van der Waals surface area contributed by atoms with Crippen molar-refractivity contribution in [3.63, 3.8) is 0 Å². The molecule has 3 heterocycles. The Morgan fingerprint density at radius 3 is 2.96 bits per heavy atom. The Morgan fingerprint density at radius 1 is 1.26 bits per heavy atom. The number of likely N-dealkylation sites (N-methyl/N-ethyl adjacent to an activating group) is 1. The zero-order valence-electron chi connectivity index (χ0n) is 13.7. The molecule has 0 aliphatic carbocycles. The van der Waals surface area contributed by atoms with Crippen molar-refractivity contribution in [3.05, 3.63) is 30.0 Å². The van der Waals surface area contributed by atoms with E-state index in [1.165, 1.54) is 0 Å². The van der Waals surface area contributed by atoms with Crippen molar-refractivity contribution in [2.45, 2.75) is 26.1 Å². The monoisotopic (exact) mass is 317 g/mol. The second-order valence-electron chi connectivity index (χ2n) is 5.90. The highest BCUT2D eigenvalue weighted by Crippen LogP contribution is 2.19. The van der Waals surface area contributed by atoms with Crippen LogP contribution in [0.3, 0.4) is 0 Å². The van der Waals surface area contributed by atoms with Crippen molar-refractivity contribution in [2.75, 3.05) is 38.7 Å². The molecule has 0 fully saturated rings. The third-order valence-corrected chi connectivity index (χ3v) is 3.85. The van der Waals surface area contributed by atoms with Crippen LogP contribution < -0.4 is 4.90 Å². The lowest BCUT2D eigenvalue weighted by molar-refractivity contribution is 0.102. The molecule has 2 aromatic heterocycles. The van der Waals surface area contributed by atoms with Crippen LogP contribution in [-0.4, -0.2) is 63.7 Å². The smallest absolute Gasteiger partial charge is 0.147 e. The molecule has 0 N–H and O–H groups in total. The average molecular weight is 317 g/mol. The third-order valence-electron chi connectivity index (χ3n) is 3.85. The molecule has 0 atom stereocenters. The van der Waals surface area contributed by atoms with Gasteiger partial charge in [0.1, 0.15) is 11.5 Å². The maximum atomic E-state index is 5.73. The molecular formula is C15H23N7O. The van der Waals surface area contributed by atoms with Gasteiger partial charge in [-0.25, -0.2) is 9.67 Å². The zero-order valence-corrected chi connectivity index (χ0v) is 13.7. The fourth-order valence-electron chi connectivity index (χ4n) is 2.57. The van der Waals surface area contributed by atoms with Crippen molar-refractivity contribution in [1.82, 2.24) is 29.9 Å². The fourth-order valence-corrected chi connectivity index (χ4v) is 2.57. The van der Waals surface area contributed by atoms with E-state index in [-0.39, 0.29) is 0 Å². The summed E-state index contributed by atoms with van der Waals surface area (Å²) in [6.45, 7) is 4.62. The van der Waals surface area contributed by atoms with Gasteiger partial charge in [-0.2, -0.15) is 0 Å². The van der Waals surface area contributed by atoms with E-state index in [1.54, 1.807) is 18.6 Å². The van der Waals surface area contributed by atoms with Gasteiger partial charge in [0.2, 0.25) is 0 Å². The molecule has 0 spiro atoms. The maximum absolute atomic E-state index is 5.73. The largest absolute Gasteiger partial charge is 0.374 e. The fraction of sp³-hybridized carbons (Fsp3) is 0.600. The number of anilines is 1. The van der Waals surface area contributed by atoms with E-state index in [2.05, 4.69) is 30.1 Å². The van der Waals surface area contributed by atoms with E-state index >= 15 is 0 Å². The Kier molecular flexibility index (Phi) is 5.14. The maximum Gasteiger partial charge on any atom is 0.147 e.